The molecule has 0 spiro atoms. The Morgan fingerprint density at radius 2 is 1.24 bits per heavy atom. The number of nitrogens with two attached hydrogens (primary N) is 1. The van der Waals surface area contributed by atoms with Gasteiger partial charge in [0.1, 0.15) is 28.6 Å². The lowest BCUT2D eigenvalue weighted by atomic mass is 9.82. The van der Waals surface area contributed by atoms with Crippen molar-refractivity contribution in [3.8, 4) is 23.0 Å². The average Bonchev–Trinajstić information content (AvgIpc) is 2.98. The Balaban J connectivity index is 1.67. The predicted octanol–water partition coefficient (Wildman–Crippen LogP) is 2.67. The van der Waals surface area contributed by atoms with Gasteiger partial charge in [-0.2, -0.15) is 0 Å². The molecule has 1 fully saturated rings. The molecule has 2 aromatic carbocycles. The van der Waals surface area contributed by atoms with Gasteiger partial charge in [0.15, 0.2) is 5.78 Å². The third kappa shape index (κ3) is 7.46. The van der Waals surface area contributed by atoms with Crippen molar-refractivity contribution in [1.29, 1.82) is 0 Å². The molecule has 12 nitrogen and oxygen atoms in total. The molecule has 222 valence electrons. The van der Waals surface area contributed by atoms with Crippen LogP contribution in [0.1, 0.15) is 73.5 Å². The quantitative estimate of drug-likeness (QED) is 0.262. The van der Waals surface area contributed by atoms with Gasteiger partial charge in [-0.25, -0.2) is 4.79 Å². The topological polar surface area (TPSA) is 176 Å². The number of nitrogens with one attached hydrogen (secondary N) is 2. The van der Waals surface area contributed by atoms with Gasteiger partial charge in [0.25, 0.3) is 11.8 Å². The summed E-state index contributed by atoms with van der Waals surface area (Å²) in [6, 6.07) is 5.50. The maximum atomic E-state index is 13.2. The Kier molecular flexibility index (Phi) is 10.9. The van der Waals surface area contributed by atoms with Crippen LogP contribution in [0.15, 0.2) is 24.3 Å². The van der Waals surface area contributed by atoms with Gasteiger partial charge in [-0.05, 0) is 43.7 Å². The molecule has 0 aromatic heterocycles. The van der Waals surface area contributed by atoms with E-state index in [0.29, 0.717) is 25.7 Å². The lowest BCUT2D eigenvalue weighted by Gasteiger charge is -2.29. The van der Waals surface area contributed by atoms with Crippen molar-refractivity contribution in [3.63, 3.8) is 0 Å². The highest BCUT2D eigenvalue weighted by Gasteiger charge is 2.28. The summed E-state index contributed by atoms with van der Waals surface area (Å²) < 4.78 is 21.2. The molecule has 1 saturated carbocycles. The van der Waals surface area contributed by atoms with Gasteiger partial charge < -0.3 is 40.4 Å². The van der Waals surface area contributed by atoms with Crippen LogP contribution in [0.2, 0.25) is 0 Å². The predicted molar refractivity (Wildman–Crippen MR) is 150 cm³/mol. The highest BCUT2D eigenvalue weighted by atomic mass is 16.5. The molecule has 0 atom stereocenters. The van der Waals surface area contributed by atoms with E-state index in [-0.39, 0.29) is 88.4 Å². The van der Waals surface area contributed by atoms with Gasteiger partial charge in [0, 0.05) is 37.7 Å². The standard InChI is InChI=1S/C29H37N3O9/c1-38-23-14-26(41-4)21(29(36)37)12-18(23)22(33)11-16-5-7-17(8-6-16)32-28(35)20-13-19(27(34)31-10-9-30)24(39-2)15-25(20)40-3/h12-17H,5-11,30H2,1-4H3,(H,31,34)(H,32,35)(H,36,37). The first kappa shape index (κ1) is 31.2. The minimum Gasteiger partial charge on any atom is -0.496 e. The van der Waals surface area contributed by atoms with Gasteiger partial charge in [-0.15, -0.1) is 0 Å². The van der Waals surface area contributed by atoms with Crippen LogP contribution in [-0.4, -0.2) is 76.2 Å². The number of aromatic carboxylic acids is 1. The first-order valence-electron chi connectivity index (χ1n) is 13.2. The Bertz CT molecular complexity index is 1290. The molecule has 0 radical (unpaired) electrons. The number of hydrogen-bond acceptors (Lipinski definition) is 9. The fourth-order valence-corrected chi connectivity index (χ4v) is 4.96. The Morgan fingerprint density at radius 3 is 1.76 bits per heavy atom. The molecular weight excluding hydrogens is 534 g/mol. The largest absolute Gasteiger partial charge is 0.496 e. The summed E-state index contributed by atoms with van der Waals surface area (Å²) in [6.45, 7) is 0.538. The van der Waals surface area contributed by atoms with Crippen LogP contribution in [0.4, 0.5) is 0 Å². The number of benzene rings is 2. The van der Waals surface area contributed by atoms with Gasteiger partial charge in [0.05, 0.1) is 45.1 Å². The first-order valence-corrected chi connectivity index (χ1v) is 13.2. The molecule has 2 aromatic rings. The number of amides is 2. The molecule has 41 heavy (non-hydrogen) atoms. The van der Waals surface area contributed by atoms with Gasteiger partial charge in [0.2, 0.25) is 0 Å². The number of carboxylic acid groups (broad SMARTS) is 1. The molecule has 1 aliphatic rings. The second-order valence-electron chi connectivity index (χ2n) is 9.67. The Morgan fingerprint density at radius 1 is 0.756 bits per heavy atom. The number of hydrogen-bond donors (Lipinski definition) is 4. The zero-order valence-corrected chi connectivity index (χ0v) is 23.7. The van der Waals surface area contributed by atoms with Crippen molar-refractivity contribution < 1.29 is 43.2 Å². The summed E-state index contributed by atoms with van der Waals surface area (Å²) in [5, 5.41) is 15.2. The fraction of sp³-hybridized carbons (Fsp3) is 0.448. The molecule has 12 heteroatoms. The average molecular weight is 572 g/mol. The van der Waals surface area contributed by atoms with Gasteiger partial charge in [-0.1, -0.05) is 0 Å². The number of methoxy groups -OCH3 is 4. The first-order chi connectivity index (χ1) is 19.7. The smallest absolute Gasteiger partial charge is 0.339 e. The zero-order chi connectivity index (χ0) is 30.1. The number of ketones is 1. The van der Waals surface area contributed by atoms with E-state index in [4.69, 9.17) is 24.7 Å². The number of Topliss-reactive ketones (excluding diaryl/α,β-unsaturated/α-hetero) is 1. The number of carboxylic acids is 1. The van der Waals surface area contributed by atoms with E-state index in [1.54, 1.807) is 0 Å². The summed E-state index contributed by atoms with van der Waals surface area (Å²) >= 11 is 0. The van der Waals surface area contributed by atoms with Crippen LogP contribution in [0.5, 0.6) is 23.0 Å². The van der Waals surface area contributed by atoms with Crippen LogP contribution in [0.3, 0.4) is 0 Å². The second kappa shape index (κ2) is 14.4. The molecule has 0 saturated heterocycles. The molecule has 1 aliphatic carbocycles. The Labute approximate surface area is 238 Å². The van der Waals surface area contributed by atoms with E-state index in [1.165, 1.54) is 52.7 Å². The van der Waals surface area contributed by atoms with Crippen LogP contribution in [0, 0.1) is 5.92 Å². The summed E-state index contributed by atoms with van der Waals surface area (Å²) in [4.78, 5) is 50.6. The van der Waals surface area contributed by atoms with Crippen LogP contribution < -0.4 is 35.3 Å². The summed E-state index contributed by atoms with van der Waals surface area (Å²) in [7, 11) is 5.61. The van der Waals surface area contributed by atoms with Crippen molar-refractivity contribution in [1.82, 2.24) is 10.6 Å². The zero-order valence-electron chi connectivity index (χ0n) is 23.7. The normalized spacial score (nSPS) is 16.3. The molecule has 5 N–H and O–H groups in total. The van der Waals surface area contributed by atoms with Crippen LogP contribution in [0.25, 0.3) is 0 Å². The fourth-order valence-electron chi connectivity index (χ4n) is 4.96. The highest BCUT2D eigenvalue weighted by molar-refractivity contribution is 6.04. The molecule has 0 aliphatic heterocycles. The number of ether oxygens (including phenoxy) is 4. The molecular formula is C29H37N3O9. The van der Waals surface area contributed by atoms with E-state index in [0.717, 1.165) is 0 Å². The van der Waals surface area contributed by atoms with Crippen molar-refractivity contribution in [3.05, 3.63) is 46.5 Å². The third-order valence-electron chi connectivity index (χ3n) is 7.15. The summed E-state index contributed by atoms with van der Waals surface area (Å²) in [5.74, 6) is -1.27. The lowest BCUT2D eigenvalue weighted by Crippen LogP contribution is -2.38. The molecule has 3 rings (SSSR count). The van der Waals surface area contributed by atoms with Crippen LogP contribution >= 0.6 is 0 Å². The molecule has 0 unspecified atom stereocenters. The highest BCUT2D eigenvalue weighted by Crippen LogP contribution is 2.34. The van der Waals surface area contributed by atoms with Crippen molar-refractivity contribution >= 4 is 23.6 Å². The van der Waals surface area contributed by atoms with E-state index < -0.39 is 11.9 Å². The maximum absolute atomic E-state index is 13.2. The van der Waals surface area contributed by atoms with Crippen molar-refractivity contribution in [2.24, 2.45) is 11.7 Å². The monoisotopic (exact) mass is 571 g/mol. The number of carbonyl (C=O) groups is 4. The van der Waals surface area contributed by atoms with Crippen molar-refractivity contribution in [2.45, 2.75) is 38.1 Å². The third-order valence-corrected chi connectivity index (χ3v) is 7.15. The SMILES string of the molecule is COc1cc(OC)c(C(=O)CC2CCC(NC(=O)c3cc(C(=O)NCCN)c(OC)cc3OC)CC2)cc1C(=O)O. The van der Waals surface area contributed by atoms with E-state index in [1.807, 2.05) is 0 Å². The maximum Gasteiger partial charge on any atom is 0.339 e. The molecule has 2 amide bonds. The van der Waals surface area contributed by atoms with Gasteiger partial charge >= 0.3 is 5.97 Å². The number of carbonyl (C=O) groups excluding carboxylic acids is 3. The molecule has 0 heterocycles. The van der Waals surface area contributed by atoms with E-state index >= 15 is 0 Å². The minimum absolute atomic E-state index is 0.0594. The van der Waals surface area contributed by atoms with E-state index in [2.05, 4.69) is 10.6 Å². The van der Waals surface area contributed by atoms with Crippen molar-refractivity contribution in [2.75, 3.05) is 41.5 Å². The van der Waals surface area contributed by atoms with Gasteiger partial charge in [-0.3, -0.25) is 14.4 Å². The minimum atomic E-state index is -1.20. The Hall–Kier alpha value is -4.32. The molecule has 0 bridgehead atoms. The summed E-state index contributed by atoms with van der Waals surface area (Å²) in [6.07, 6.45) is 2.88. The lowest BCUT2D eigenvalue weighted by molar-refractivity contribution is 0.0692. The summed E-state index contributed by atoms with van der Waals surface area (Å²) in [5.41, 5.74) is 5.95. The second-order valence-corrected chi connectivity index (χ2v) is 9.67. The van der Waals surface area contributed by atoms with Crippen LogP contribution in [-0.2, 0) is 0 Å². The van der Waals surface area contributed by atoms with E-state index in [9.17, 15) is 24.3 Å². The number of rotatable bonds is 13.